The van der Waals surface area contributed by atoms with Crippen molar-refractivity contribution in [3.63, 3.8) is 0 Å². The van der Waals surface area contributed by atoms with Crippen LogP contribution in [0.15, 0.2) is 34.1 Å². The minimum absolute atomic E-state index is 0.196. The summed E-state index contributed by atoms with van der Waals surface area (Å²) >= 11 is 11.0. The molecule has 1 aromatic heterocycles. The van der Waals surface area contributed by atoms with Gasteiger partial charge in [0.25, 0.3) is 0 Å². The van der Waals surface area contributed by atoms with Crippen LogP contribution in [-0.4, -0.2) is 7.11 Å². The molecule has 1 heterocycles. The Hall–Kier alpha value is -0.550. The van der Waals surface area contributed by atoms with E-state index in [2.05, 4.69) is 15.9 Å². The number of methoxy groups -OCH3 is 1. The molecule has 1 unspecified atom stereocenters. The zero-order valence-electron chi connectivity index (χ0n) is 9.11. The van der Waals surface area contributed by atoms with Crippen molar-refractivity contribution in [1.82, 2.24) is 0 Å². The number of nitrogens with two attached hydrogens (primary N) is 1. The quantitative estimate of drug-likeness (QED) is 0.913. The lowest BCUT2D eigenvalue weighted by Gasteiger charge is -2.14. The first-order valence-electron chi connectivity index (χ1n) is 4.96. The minimum atomic E-state index is -0.196. The molecule has 0 amide bonds. The van der Waals surface area contributed by atoms with Crippen LogP contribution in [-0.2, 0) is 0 Å². The zero-order valence-corrected chi connectivity index (χ0v) is 12.3. The Bertz CT molecular complexity index is 529. The molecule has 90 valence electrons. The van der Waals surface area contributed by atoms with Gasteiger partial charge >= 0.3 is 0 Å². The van der Waals surface area contributed by atoms with Crippen molar-refractivity contribution in [1.29, 1.82) is 0 Å². The Morgan fingerprint density at radius 2 is 2.12 bits per heavy atom. The first-order chi connectivity index (χ1) is 8.11. The van der Waals surface area contributed by atoms with Crippen molar-refractivity contribution in [3.05, 3.63) is 49.6 Å². The van der Waals surface area contributed by atoms with Crippen molar-refractivity contribution in [2.45, 2.75) is 6.04 Å². The normalized spacial score (nSPS) is 12.5. The lowest BCUT2D eigenvalue weighted by molar-refractivity contribution is 0.408. The maximum absolute atomic E-state index is 6.22. The highest BCUT2D eigenvalue weighted by molar-refractivity contribution is 9.11. The molecule has 1 atom stereocenters. The first-order valence-corrected chi connectivity index (χ1v) is 6.95. The molecule has 0 radical (unpaired) electrons. The fourth-order valence-electron chi connectivity index (χ4n) is 1.59. The number of hydrogen-bond acceptors (Lipinski definition) is 3. The van der Waals surface area contributed by atoms with E-state index in [0.717, 1.165) is 20.0 Å². The number of halogens is 2. The van der Waals surface area contributed by atoms with Crippen LogP contribution in [0.1, 0.15) is 16.5 Å². The average molecular weight is 333 g/mol. The molecule has 0 spiro atoms. The van der Waals surface area contributed by atoms with Gasteiger partial charge in [-0.2, -0.15) is 0 Å². The highest BCUT2D eigenvalue weighted by Gasteiger charge is 2.15. The lowest BCUT2D eigenvalue weighted by Crippen LogP contribution is -2.11. The van der Waals surface area contributed by atoms with E-state index >= 15 is 0 Å². The van der Waals surface area contributed by atoms with Gasteiger partial charge in [-0.1, -0.05) is 17.7 Å². The summed E-state index contributed by atoms with van der Waals surface area (Å²) in [5.74, 6) is 0.717. The third kappa shape index (κ3) is 2.83. The standard InChI is InChI=1S/C12H11BrClNOS/c1-16-9-6-7(14)2-3-8(9)12(15)10-4-5-11(13)17-10/h2-6,12H,15H2,1H3. The number of benzene rings is 1. The van der Waals surface area contributed by atoms with Crippen LogP contribution in [0.5, 0.6) is 5.75 Å². The second-order valence-electron chi connectivity index (χ2n) is 3.51. The summed E-state index contributed by atoms with van der Waals surface area (Å²) < 4.78 is 6.37. The van der Waals surface area contributed by atoms with Gasteiger partial charge in [0.2, 0.25) is 0 Å². The molecule has 2 N–H and O–H groups in total. The largest absolute Gasteiger partial charge is 0.496 e. The molecule has 0 aliphatic carbocycles. The average Bonchev–Trinajstić information content (AvgIpc) is 2.75. The summed E-state index contributed by atoms with van der Waals surface area (Å²) in [6.07, 6.45) is 0. The maximum atomic E-state index is 6.22. The summed E-state index contributed by atoms with van der Waals surface area (Å²) in [4.78, 5) is 1.08. The van der Waals surface area contributed by atoms with Gasteiger partial charge in [0.1, 0.15) is 5.75 Å². The van der Waals surface area contributed by atoms with Gasteiger partial charge in [0.05, 0.1) is 16.9 Å². The number of hydrogen-bond donors (Lipinski definition) is 1. The molecule has 0 aliphatic heterocycles. The van der Waals surface area contributed by atoms with Crippen molar-refractivity contribution in [2.24, 2.45) is 5.73 Å². The molecule has 2 rings (SSSR count). The Morgan fingerprint density at radius 1 is 1.35 bits per heavy atom. The molecule has 0 bridgehead atoms. The van der Waals surface area contributed by atoms with Crippen molar-refractivity contribution in [3.8, 4) is 5.75 Å². The predicted molar refractivity (Wildman–Crippen MR) is 76.1 cm³/mol. The molecule has 0 saturated carbocycles. The van der Waals surface area contributed by atoms with E-state index in [1.165, 1.54) is 0 Å². The van der Waals surface area contributed by atoms with Gasteiger partial charge in [-0.3, -0.25) is 0 Å². The third-order valence-corrected chi connectivity index (χ3v) is 4.37. The van der Waals surface area contributed by atoms with Crippen molar-refractivity contribution < 1.29 is 4.74 Å². The summed E-state index contributed by atoms with van der Waals surface area (Å²) in [6.45, 7) is 0. The van der Waals surface area contributed by atoms with Crippen LogP contribution < -0.4 is 10.5 Å². The number of thiophene rings is 1. The number of ether oxygens (including phenoxy) is 1. The third-order valence-electron chi connectivity index (χ3n) is 2.43. The summed E-state index contributed by atoms with van der Waals surface area (Å²) in [6, 6.07) is 9.30. The second kappa shape index (κ2) is 5.40. The molecule has 2 nitrogen and oxygen atoms in total. The highest BCUT2D eigenvalue weighted by atomic mass is 79.9. The van der Waals surface area contributed by atoms with Crippen molar-refractivity contribution in [2.75, 3.05) is 7.11 Å². The van der Waals surface area contributed by atoms with Crippen molar-refractivity contribution >= 4 is 38.9 Å². The van der Waals surface area contributed by atoms with E-state index in [9.17, 15) is 0 Å². The second-order valence-corrected chi connectivity index (χ2v) is 6.44. The van der Waals surface area contributed by atoms with Gasteiger partial charge in [-0.25, -0.2) is 0 Å². The molecule has 0 fully saturated rings. The SMILES string of the molecule is COc1cc(Cl)ccc1C(N)c1ccc(Br)s1. The van der Waals surface area contributed by atoms with Gasteiger partial charge in [-0.05, 0) is 40.2 Å². The Labute approximate surface area is 117 Å². The van der Waals surface area contributed by atoms with Crippen LogP contribution in [0, 0.1) is 0 Å². The van der Waals surface area contributed by atoms with Crippen LogP contribution in [0.3, 0.4) is 0 Å². The Balaban J connectivity index is 2.39. The summed E-state index contributed by atoms with van der Waals surface area (Å²) in [7, 11) is 1.62. The summed E-state index contributed by atoms with van der Waals surface area (Å²) in [5.41, 5.74) is 7.16. The van der Waals surface area contributed by atoms with Gasteiger partial charge in [0.15, 0.2) is 0 Å². The lowest BCUT2D eigenvalue weighted by atomic mass is 10.1. The molecule has 0 aliphatic rings. The minimum Gasteiger partial charge on any atom is -0.496 e. The van der Waals surface area contributed by atoms with Gasteiger partial charge < -0.3 is 10.5 Å². The maximum Gasteiger partial charge on any atom is 0.125 e. The van der Waals surface area contributed by atoms with E-state index in [0.29, 0.717) is 5.02 Å². The number of rotatable bonds is 3. The van der Waals surface area contributed by atoms with E-state index in [1.54, 1.807) is 24.5 Å². The molecule has 2 aromatic rings. The molecule has 1 aromatic carbocycles. The molecule has 0 saturated heterocycles. The molecular weight excluding hydrogens is 322 g/mol. The summed E-state index contributed by atoms with van der Waals surface area (Å²) in [5, 5.41) is 0.644. The van der Waals surface area contributed by atoms with Crippen LogP contribution in [0.4, 0.5) is 0 Å². The molecule has 17 heavy (non-hydrogen) atoms. The fraction of sp³-hybridized carbons (Fsp3) is 0.167. The zero-order chi connectivity index (χ0) is 12.4. The Kier molecular flexibility index (Phi) is 4.09. The van der Waals surface area contributed by atoms with Gasteiger partial charge in [0, 0.05) is 15.5 Å². The van der Waals surface area contributed by atoms with Gasteiger partial charge in [-0.15, -0.1) is 11.3 Å². The predicted octanol–water partition coefficient (Wildman–Crippen LogP) is 4.22. The van der Waals surface area contributed by atoms with E-state index in [1.807, 2.05) is 24.3 Å². The molecule has 5 heteroatoms. The molecular formula is C12H11BrClNOS. The fourth-order valence-corrected chi connectivity index (χ4v) is 3.20. The topological polar surface area (TPSA) is 35.2 Å². The smallest absolute Gasteiger partial charge is 0.125 e. The van der Waals surface area contributed by atoms with E-state index in [4.69, 9.17) is 22.1 Å². The highest BCUT2D eigenvalue weighted by Crippen LogP contribution is 2.34. The van der Waals surface area contributed by atoms with Crippen LogP contribution >= 0.6 is 38.9 Å². The van der Waals surface area contributed by atoms with E-state index in [-0.39, 0.29) is 6.04 Å². The first kappa shape index (κ1) is 12.9. The van der Waals surface area contributed by atoms with Crippen LogP contribution in [0.2, 0.25) is 5.02 Å². The monoisotopic (exact) mass is 331 g/mol. The van der Waals surface area contributed by atoms with E-state index < -0.39 is 0 Å². The Morgan fingerprint density at radius 3 is 2.71 bits per heavy atom. The van der Waals surface area contributed by atoms with Crippen LogP contribution in [0.25, 0.3) is 0 Å².